The summed E-state index contributed by atoms with van der Waals surface area (Å²) in [6, 6.07) is 0. The SMILES string of the molecule is CCCCCC/C=C/CCCCNC(=O)CCCCC(=O)NCCCC/C=C/CCCCCC. The molecule has 0 heterocycles. The van der Waals surface area contributed by atoms with E-state index in [0.717, 1.165) is 64.5 Å². The molecular weight excluding hydrogens is 420 g/mol. The fraction of sp³-hybridized carbons (Fsp3) is 0.800. The van der Waals surface area contributed by atoms with Crippen LogP contribution in [0.4, 0.5) is 0 Å². The lowest BCUT2D eigenvalue weighted by Crippen LogP contribution is -2.25. The Bertz CT molecular complexity index is 468. The first-order valence-corrected chi connectivity index (χ1v) is 14.5. The molecule has 0 spiro atoms. The molecular formula is C30H56N2O2. The molecule has 198 valence electrons. The monoisotopic (exact) mass is 476 g/mol. The molecule has 2 N–H and O–H groups in total. The summed E-state index contributed by atoms with van der Waals surface area (Å²) >= 11 is 0. The summed E-state index contributed by atoms with van der Waals surface area (Å²) in [5.41, 5.74) is 0. The quantitative estimate of drug-likeness (QED) is 0.103. The highest BCUT2D eigenvalue weighted by atomic mass is 16.2. The van der Waals surface area contributed by atoms with Crippen molar-refractivity contribution in [2.75, 3.05) is 13.1 Å². The maximum absolute atomic E-state index is 11.9. The van der Waals surface area contributed by atoms with E-state index in [-0.39, 0.29) is 11.8 Å². The molecule has 0 aliphatic carbocycles. The van der Waals surface area contributed by atoms with Crippen molar-refractivity contribution in [2.24, 2.45) is 0 Å². The topological polar surface area (TPSA) is 58.2 Å². The van der Waals surface area contributed by atoms with Crippen molar-refractivity contribution in [2.45, 2.75) is 142 Å². The van der Waals surface area contributed by atoms with Gasteiger partial charge in [0.2, 0.25) is 11.8 Å². The highest BCUT2D eigenvalue weighted by Gasteiger charge is 2.03. The predicted molar refractivity (Wildman–Crippen MR) is 148 cm³/mol. The van der Waals surface area contributed by atoms with Gasteiger partial charge in [0.1, 0.15) is 0 Å². The Balaban J connectivity index is 3.38. The Hall–Kier alpha value is -1.58. The smallest absolute Gasteiger partial charge is 0.219 e. The number of carbonyl (C=O) groups excluding carboxylic acids is 2. The van der Waals surface area contributed by atoms with Crippen LogP contribution in [-0.4, -0.2) is 24.9 Å². The van der Waals surface area contributed by atoms with E-state index < -0.39 is 0 Å². The Morgan fingerprint density at radius 1 is 0.471 bits per heavy atom. The number of carbonyl (C=O) groups is 2. The van der Waals surface area contributed by atoms with Crippen LogP contribution in [0.15, 0.2) is 24.3 Å². The van der Waals surface area contributed by atoms with Gasteiger partial charge >= 0.3 is 0 Å². The van der Waals surface area contributed by atoms with Crippen molar-refractivity contribution in [1.29, 1.82) is 0 Å². The van der Waals surface area contributed by atoms with E-state index in [9.17, 15) is 9.59 Å². The largest absolute Gasteiger partial charge is 0.356 e. The van der Waals surface area contributed by atoms with Crippen LogP contribution in [0.5, 0.6) is 0 Å². The van der Waals surface area contributed by atoms with Gasteiger partial charge in [0, 0.05) is 25.9 Å². The zero-order chi connectivity index (χ0) is 25.0. The van der Waals surface area contributed by atoms with Crippen LogP contribution >= 0.6 is 0 Å². The Labute approximate surface area is 211 Å². The second-order valence-electron chi connectivity index (χ2n) is 9.54. The molecule has 0 bridgehead atoms. The minimum absolute atomic E-state index is 0.116. The highest BCUT2D eigenvalue weighted by molar-refractivity contribution is 5.77. The van der Waals surface area contributed by atoms with Crippen molar-refractivity contribution >= 4 is 11.8 Å². The molecule has 0 radical (unpaired) electrons. The van der Waals surface area contributed by atoms with E-state index in [0.29, 0.717) is 12.8 Å². The third kappa shape index (κ3) is 26.7. The van der Waals surface area contributed by atoms with Gasteiger partial charge in [-0.05, 0) is 77.0 Å². The number of nitrogens with one attached hydrogen (secondary N) is 2. The number of hydrogen-bond donors (Lipinski definition) is 2. The van der Waals surface area contributed by atoms with Crippen LogP contribution in [0.2, 0.25) is 0 Å². The van der Waals surface area contributed by atoms with E-state index in [4.69, 9.17) is 0 Å². The average molecular weight is 477 g/mol. The van der Waals surface area contributed by atoms with Crippen LogP contribution < -0.4 is 10.6 Å². The average Bonchev–Trinajstić information content (AvgIpc) is 2.83. The molecule has 0 aliphatic heterocycles. The number of unbranched alkanes of at least 4 members (excludes halogenated alkanes) is 13. The maximum Gasteiger partial charge on any atom is 0.219 e. The summed E-state index contributed by atoms with van der Waals surface area (Å²) < 4.78 is 0. The van der Waals surface area contributed by atoms with Gasteiger partial charge < -0.3 is 10.6 Å². The van der Waals surface area contributed by atoms with E-state index in [1.165, 1.54) is 64.2 Å². The summed E-state index contributed by atoms with van der Waals surface area (Å²) in [5.74, 6) is 0.232. The van der Waals surface area contributed by atoms with Gasteiger partial charge in [-0.3, -0.25) is 9.59 Å². The van der Waals surface area contributed by atoms with Gasteiger partial charge in [0.05, 0.1) is 0 Å². The molecule has 0 saturated heterocycles. The third-order valence-corrected chi connectivity index (χ3v) is 6.08. The highest BCUT2D eigenvalue weighted by Crippen LogP contribution is 2.06. The maximum atomic E-state index is 11.9. The standard InChI is InChI=1S/C30H56N2O2/c1-3-5-7-9-11-13-15-17-19-23-27-31-29(33)25-21-22-26-30(34)32-28-24-20-18-16-14-12-10-8-6-4-2/h13-16H,3-12,17-28H2,1-2H3,(H,31,33)(H,32,34)/b15-13+,16-14+. The Morgan fingerprint density at radius 3 is 1.18 bits per heavy atom. The summed E-state index contributed by atoms with van der Waals surface area (Å²) in [5, 5.41) is 6.00. The number of hydrogen-bond acceptors (Lipinski definition) is 2. The van der Waals surface area contributed by atoms with E-state index in [2.05, 4.69) is 48.8 Å². The van der Waals surface area contributed by atoms with Gasteiger partial charge in [0.25, 0.3) is 0 Å². The van der Waals surface area contributed by atoms with Gasteiger partial charge in [-0.25, -0.2) is 0 Å². The van der Waals surface area contributed by atoms with Crippen molar-refractivity contribution in [1.82, 2.24) is 10.6 Å². The van der Waals surface area contributed by atoms with Crippen LogP contribution in [-0.2, 0) is 9.59 Å². The summed E-state index contributed by atoms with van der Waals surface area (Å²) in [6.07, 6.45) is 31.3. The predicted octanol–water partition coefficient (Wildman–Crippen LogP) is 8.17. The van der Waals surface area contributed by atoms with Crippen LogP contribution in [0.3, 0.4) is 0 Å². The lowest BCUT2D eigenvalue weighted by atomic mass is 10.1. The lowest BCUT2D eigenvalue weighted by Gasteiger charge is -2.06. The molecule has 0 aliphatic rings. The Morgan fingerprint density at radius 2 is 0.824 bits per heavy atom. The Kier molecular flexibility index (Phi) is 26.4. The van der Waals surface area contributed by atoms with E-state index >= 15 is 0 Å². The molecule has 0 atom stereocenters. The fourth-order valence-corrected chi connectivity index (χ4v) is 3.83. The molecule has 0 fully saturated rings. The van der Waals surface area contributed by atoms with Crippen molar-refractivity contribution < 1.29 is 9.59 Å². The van der Waals surface area contributed by atoms with Crippen LogP contribution in [0, 0.1) is 0 Å². The summed E-state index contributed by atoms with van der Waals surface area (Å²) in [7, 11) is 0. The number of rotatable bonds is 25. The van der Waals surface area contributed by atoms with E-state index in [1.807, 2.05) is 0 Å². The van der Waals surface area contributed by atoms with E-state index in [1.54, 1.807) is 0 Å². The summed E-state index contributed by atoms with van der Waals surface area (Å²) in [4.78, 5) is 23.8. The molecule has 0 aromatic carbocycles. The molecule has 0 aromatic rings. The lowest BCUT2D eigenvalue weighted by molar-refractivity contribution is -0.123. The molecule has 0 rings (SSSR count). The van der Waals surface area contributed by atoms with Gasteiger partial charge in [0.15, 0.2) is 0 Å². The molecule has 2 amide bonds. The first kappa shape index (κ1) is 32.4. The second kappa shape index (κ2) is 27.7. The van der Waals surface area contributed by atoms with Gasteiger partial charge in [-0.2, -0.15) is 0 Å². The molecule has 0 unspecified atom stereocenters. The first-order chi connectivity index (χ1) is 16.7. The summed E-state index contributed by atoms with van der Waals surface area (Å²) in [6.45, 7) is 6.01. The van der Waals surface area contributed by atoms with Crippen molar-refractivity contribution in [3.8, 4) is 0 Å². The zero-order valence-corrected chi connectivity index (χ0v) is 22.7. The van der Waals surface area contributed by atoms with Crippen LogP contribution in [0.25, 0.3) is 0 Å². The molecule has 4 nitrogen and oxygen atoms in total. The third-order valence-electron chi connectivity index (χ3n) is 6.08. The van der Waals surface area contributed by atoms with Gasteiger partial charge in [-0.15, -0.1) is 0 Å². The molecule has 0 aromatic heterocycles. The van der Waals surface area contributed by atoms with Crippen LogP contribution in [0.1, 0.15) is 142 Å². The minimum Gasteiger partial charge on any atom is -0.356 e. The van der Waals surface area contributed by atoms with Crippen molar-refractivity contribution in [3.63, 3.8) is 0 Å². The van der Waals surface area contributed by atoms with Crippen molar-refractivity contribution in [3.05, 3.63) is 24.3 Å². The zero-order valence-electron chi connectivity index (χ0n) is 22.7. The number of allylic oxidation sites excluding steroid dienone is 4. The molecule has 0 saturated carbocycles. The molecule has 4 heteroatoms. The number of amides is 2. The minimum atomic E-state index is 0.116. The normalized spacial score (nSPS) is 11.5. The van der Waals surface area contributed by atoms with Gasteiger partial charge in [-0.1, -0.05) is 76.7 Å². The fourth-order valence-electron chi connectivity index (χ4n) is 3.83. The second-order valence-corrected chi connectivity index (χ2v) is 9.54. The first-order valence-electron chi connectivity index (χ1n) is 14.5. The molecule has 34 heavy (non-hydrogen) atoms.